The van der Waals surface area contributed by atoms with E-state index >= 15 is 0 Å². The maximum Gasteiger partial charge on any atom is 0.201 e. The molecule has 0 aliphatic heterocycles. The molecule has 0 N–H and O–H groups in total. The first-order valence-electron chi connectivity index (χ1n) is 8.58. The van der Waals surface area contributed by atoms with Crippen LogP contribution in [0.15, 0.2) is 0 Å². The molecule has 1 heteroatoms. The average molecular weight is 267 g/mol. The van der Waals surface area contributed by atoms with Crippen LogP contribution in [0, 0.1) is 11.8 Å². The molecule has 0 bridgehead atoms. The van der Waals surface area contributed by atoms with Gasteiger partial charge >= 0.3 is 0 Å². The average Bonchev–Trinajstić information content (AvgIpc) is 2.40. The summed E-state index contributed by atoms with van der Waals surface area (Å²) in [7, 11) is 0. The Balaban J connectivity index is 3.15. The van der Waals surface area contributed by atoms with Crippen molar-refractivity contribution in [2.24, 2.45) is 11.8 Å². The highest BCUT2D eigenvalue weighted by atomic mass is 16.1. The maximum atomic E-state index is 10.5. The van der Waals surface area contributed by atoms with E-state index in [0.29, 0.717) is 5.92 Å². The van der Waals surface area contributed by atoms with Gasteiger partial charge < -0.3 is 0 Å². The zero-order chi connectivity index (χ0) is 14.3. The van der Waals surface area contributed by atoms with Crippen LogP contribution in [0.25, 0.3) is 0 Å². The van der Waals surface area contributed by atoms with E-state index in [9.17, 15) is 4.79 Å². The second-order valence-electron chi connectivity index (χ2n) is 6.33. The number of hydrogen-bond acceptors (Lipinski definition) is 1. The predicted octanol–water partition coefficient (Wildman–Crippen LogP) is 6.07. The zero-order valence-corrected chi connectivity index (χ0v) is 13.5. The van der Waals surface area contributed by atoms with Crippen LogP contribution in [-0.4, -0.2) is 6.29 Å². The number of unbranched alkanes of at least 4 members (excludes halogenated alkanes) is 9. The van der Waals surface area contributed by atoms with Gasteiger partial charge in [-0.25, -0.2) is 0 Å². The molecule has 0 aliphatic carbocycles. The summed E-state index contributed by atoms with van der Waals surface area (Å²) in [5.74, 6) is 0.809. The molecule has 0 saturated heterocycles. The standard InChI is InChI=1S/C18H35O/c1-4-5-6-7-8-9-10-11-12-13-14-17(2)15-18(3)16-19/h17-18H,4-15H2,1-3H3. The molecule has 0 saturated carbocycles. The van der Waals surface area contributed by atoms with E-state index in [2.05, 4.69) is 20.1 Å². The largest absolute Gasteiger partial charge is 0.291 e. The maximum absolute atomic E-state index is 10.5. The Morgan fingerprint density at radius 2 is 1.26 bits per heavy atom. The number of rotatable bonds is 14. The third-order valence-electron chi connectivity index (χ3n) is 4.01. The molecule has 2 unspecified atom stereocenters. The molecule has 0 amide bonds. The van der Waals surface area contributed by atoms with Crippen molar-refractivity contribution in [1.29, 1.82) is 0 Å². The lowest BCUT2D eigenvalue weighted by Crippen LogP contribution is -2.04. The van der Waals surface area contributed by atoms with E-state index in [1.807, 2.05) is 6.92 Å². The fourth-order valence-corrected chi connectivity index (χ4v) is 2.75. The van der Waals surface area contributed by atoms with Gasteiger partial charge in [0.05, 0.1) is 0 Å². The van der Waals surface area contributed by atoms with Gasteiger partial charge in [-0.15, -0.1) is 0 Å². The molecule has 0 spiro atoms. The summed E-state index contributed by atoms with van der Waals surface area (Å²) in [6.45, 7) is 6.51. The molecule has 0 rings (SSSR count). The van der Waals surface area contributed by atoms with Crippen molar-refractivity contribution in [3.63, 3.8) is 0 Å². The number of hydrogen-bond donors (Lipinski definition) is 0. The van der Waals surface area contributed by atoms with E-state index in [4.69, 9.17) is 0 Å². The van der Waals surface area contributed by atoms with Gasteiger partial charge in [0.25, 0.3) is 0 Å². The van der Waals surface area contributed by atoms with Crippen molar-refractivity contribution in [3.8, 4) is 0 Å². The van der Waals surface area contributed by atoms with Crippen molar-refractivity contribution >= 4 is 6.29 Å². The topological polar surface area (TPSA) is 17.1 Å². The van der Waals surface area contributed by atoms with Gasteiger partial charge in [-0.1, -0.05) is 91.4 Å². The molecule has 0 fully saturated rings. The summed E-state index contributed by atoms with van der Waals surface area (Å²) in [5.41, 5.74) is 0. The third-order valence-corrected chi connectivity index (χ3v) is 4.01. The fourth-order valence-electron chi connectivity index (χ4n) is 2.75. The molecule has 0 aromatic carbocycles. The highest BCUT2D eigenvalue weighted by Gasteiger charge is 2.07. The minimum atomic E-state index is 0.123. The van der Waals surface area contributed by atoms with Gasteiger partial charge in [0.1, 0.15) is 0 Å². The van der Waals surface area contributed by atoms with Crippen LogP contribution < -0.4 is 0 Å². The van der Waals surface area contributed by atoms with Crippen LogP contribution in [0.5, 0.6) is 0 Å². The summed E-state index contributed by atoms with van der Waals surface area (Å²) in [6, 6.07) is 0. The Morgan fingerprint density at radius 1 is 0.789 bits per heavy atom. The number of carbonyl (C=O) groups excluding carboxylic acids is 1. The van der Waals surface area contributed by atoms with Gasteiger partial charge in [0.2, 0.25) is 6.29 Å². The van der Waals surface area contributed by atoms with E-state index in [0.717, 1.165) is 6.42 Å². The highest BCUT2D eigenvalue weighted by molar-refractivity contribution is 5.53. The van der Waals surface area contributed by atoms with Gasteiger partial charge in [-0.2, -0.15) is 0 Å². The van der Waals surface area contributed by atoms with Crippen LogP contribution >= 0.6 is 0 Å². The predicted molar refractivity (Wildman–Crippen MR) is 85.1 cm³/mol. The lowest BCUT2D eigenvalue weighted by atomic mass is 9.93. The fraction of sp³-hybridized carbons (Fsp3) is 0.944. The summed E-state index contributed by atoms with van der Waals surface area (Å²) in [5, 5.41) is 0. The second kappa shape index (κ2) is 14.1. The van der Waals surface area contributed by atoms with E-state index in [1.54, 1.807) is 0 Å². The Bertz CT molecular complexity index is 188. The van der Waals surface area contributed by atoms with Crippen molar-refractivity contribution < 1.29 is 4.79 Å². The second-order valence-corrected chi connectivity index (χ2v) is 6.33. The third kappa shape index (κ3) is 13.9. The van der Waals surface area contributed by atoms with E-state index in [-0.39, 0.29) is 5.92 Å². The molecule has 2 atom stereocenters. The highest BCUT2D eigenvalue weighted by Crippen LogP contribution is 2.18. The molecule has 0 aromatic heterocycles. The summed E-state index contributed by atoms with van der Waals surface area (Å²) in [4.78, 5) is 10.5. The Labute approximate surface area is 121 Å². The monoisotopic (exact) mass is 267 g/mol. The van der Waals surface area contributed by atoms with Crippen LogP contribution in [-0.2, 0) is 4.79 Å². The summed E-state index contributed by atoms with van der Waals surface area (Å²) >= 11 is 0. The minimum Gasteiger partial charge on any atom is -0.291 e. The van der Waals surface area contributed by atoms with Gasteiger partial charge in [0.15, 0.2) is 0 Å². The smallest absolute Gasteiger partial charge is 0.201 e. The molecule has 0 aromatic rings. The molecule has 1 nitrogen and oxygen atoms in total. The van der Waals surface area contributed by atoms with Crippen molar-refractivity contribution in [3.05, 3.63) is 0 Å². The van der Waals surface area contributed by atoms with Crippen LogP contribution in [0.4, 0.5) is 0 Å². The minimum absolute atomic E-state index is 0.123. The zero-order valence-electron chi connectivity index (χ0n) is 13.5. The Kier molecular flexibility index (Phi) is 13.8. The first-order valence-corrected chi connectivity index (χ1v) is 8.58. The normalized spacial score (nSPS) is 14.3. The molecule has 0 aliphatic rings. The summed E-state index contributed by atoms with van der Waals surface area (Å²) in [6.07, 6.45) is 18.4. The molecule has 113 valence electrons. The Morgan fingerprint density at radius 3 is 1.74 bits per heavy atom. The molecule has 19 heavy (non-hydrogen) atoms. The molecule has 0 heterocycles. The van der Waals surface area contributed by atoms with E-state index in [1.165, 1.54) is 70.6 Å². The summed E-state index contributed by atoms with van der Waals surface area (Å²) < 4.78 is 0. The van der Waals surface area contributed by atoms with E-state index < -0.39 is 0 Å². The quantitative estimate of drug-likeness (QED) is 0.349. The van der Waals surface area contributed by atoms with Crippen molar-refractivity contribution in [2.75, 3.05) is 0 Å². The van der Waals surface area contributed by atoms with Crippen LogP contribution in [0.2, 0.25) is 0 Å². The van der Waals surface area contributed by atoms with Crippen LogP contribution in [0.3, 0.4) is 0 Å². The first kappa shape index (κ1) is 18.7. The van der Waals surface area contributed by atoms with Gasteiger partial charge in [0, 0.05) is 5.92 Å². The van der Waals surface area contributed by atoms with Gasteiger partial charge in [-0.3, -0.25) is 4.79 Å². The first-order chi connectivity index (χ1) is 9.20. The van der Waals surface area contributed by atoms with Crippen molar-refractivity contribution in [2.45, 2.75) is 97.8 Å². The molecule has 1 radical (unpaired) electrons. The molecular weight excluding hydrogens is 232 g/mol. The van der Waals surface area contributed by atoms with Gasteiger partial charge in [-0.05, 0) is 12.3 Å². The lowest BCUT2D eigenvalue weighted by molar-refractivity contribution is 0.413. The van der Waals surface area contributed by atoms with Crippen LogP contribution in [0.1, 0.15) is 97.8 Å². The molecular formula is C18H35O. The SMILES string of the molecule is CCCCCCCCCCCCC(C)CC(C)[C]=O. The Hall–Kier alpha value is -0.330. The van der Waals surface area contributed by atoms with Crippen molar-refractivity contribution in [1.82, 2.24) is 0 Å². The lowest BCUT2D eigenvalue weighted by Gasteiger charge is -2.12.